The van der Waals surface area contributed by atoms with Crippen LogP contribution in [0.1, 0.15) is 32.6 Å². The summed E-state index contributed by atoms with van der Waals surface area (Å²) in [7, 11) is 0. The van der Waals surface area contributed by atoms with Crippen molar-refractivity contribution >= 4 is 0 Å². The minimum atomic E-state index is 0. The van der Waals surface area contributed by atoms with E-state index in [9.17, 15) is 0 Å². The van der Waals surface area contributed by atoms with Crippen LogP contribution < -0.4 is 6.15 Å². The molecule has 0 aliphatic heterocycles. The topological polar surface area (TPSA) is 35.0 Å². The summed E-state index contributed by atoms with van der Waals surface area (Å²) in [4.78, 5) is 0. The van der Waals surface area contributed by atoms with Gasteiger partial charge in [-0.25, -0.2) is 0 Å². The fraction of sp³-hybridized carbons (Fsp3) is 1.00. The fourth-order valence-corrected chi connectivity index (χ4v) is 2.01. The van der Waals surface area contributed by atoms with Gasteiger partial charge in [0.1, 0.15) is 0 Å². The van der Waals surface area contributed by atoms with E-state index < -0.39 is 0 Å². The van der Waals surface area contributed by atoms with Gasteiger partial charge in [-0.2, -0.15) is 0 Å². The third kappa shape index (κ3) is 0.576. The van der Waals surface area contributed by atoms with Crippen LogP contribution in [0.2, 0.25) is 0 Å². The van der Waals surface area contributed by atoms with Gasteiger partial charge in [-0.3, -0.25) is 0 Å². The van der Waals surface area contributed by atoms with Gasteiger partial charge in [-0.1, -0.05) is 13.3 Å². The van der Waals surface area contributed by atoms with Crippen molar-refractivity contribution in [3.05, 3.63) is 0 Å². The summed E-state index contributed by atoms with van der Waals surface area (Å²) in [6.45, 7) is 2.44. The molecule has 0 saturated heterocycles. The second-order valence-electron chi connectivity index (χ2n) is 3.45. The molecule has 0 radical (unpaired) electrons. The monoisotopic (exact) mass is 113 g/mol. The van der Waals surface area contributed by atoms with E-state index in [1.165, 1.54) is 19.3 Å². The van der Waals surface area contributed by atoms with Gasteiger partial charge in [0.25, 0.3) is 0 Å². The summed E-state index contributed by atoms with van der Waals surface area (Å²) < 4.78 is 0. The molecular formula is C7H15N. The Morgan fingerprint density at radius 3 is 2.38 bits per heavy atom. The molecule has 2 fully saturated rings. The van der Waals surface area contributed by atoms with E-state index in [1.54, 1.807) is 6.42 Å². The summed E-state index contributed by atoms with van der Waals surface area (Å²) in [5.74, 6) is 1.16. The third-order valence-electron chi connectivity index (χ3n) is 2.84. The number of hydrogen-bond donors (Lipinski definition) is 1. The number of fused-ring (bicyclic) bond motifs is 1. The molecule has 1 heteroatoms. The molecule has 2 unspecified atom stereocenters. The zero-order chi connectivity index (χ0) is 4.91. The quantitative estimate of drug-likeness (QED) is 0.514. The van der Waals surface area contributed by atoms with Crippen molar-refractivity contribution in [2.24, 2.45) is 11.3 Å². The minimum Gasteiger partial charge on any atom is -0.344 e. The standard InChI is InChI=1S/C7H12.H3N/c1-7-4-2-3-6(7)5-7;/h6H,2-5H2,1H3;1H3. The van der Waals surface area contributed by atoms with Crippen molar-refractivity contribution in [1.82, 2.24) is 6.15 Å². The normalized spacial score (nSPS) is 49.9. The highest BCUT2D eigenvalue weighted by molar-refractivity contribution is 5.02. The fourth-order valence-electron chi connectivity index (χ4n) is 2.01. The van der Waals surface area contributed by atoms with Gasteiger partial charge in [-0.15, -0.1) is 0 Å². The Labute approximate surface area is 51.1 Å². The second-order valence-corrected chi connectivity index (χ2v) is 3.45. The Morgan fingerprint density at radius 1 is 1.50 bits per heavy atom. The summed E-state index contributed by atoms with van der Waals surface area (Å²) in [5, 5.41) is 0. The molecule has 2 atom stereocenters. The summed E-state index contributed by atoms with van der Waals surface area (Å²) in [6, 6.07) is 0. The molecule has 2 aliphatic rings. The maximum atomic E-state index is 2.44. The Bertz CT molecular complexity index is 98.6. The summed E-state index contributed by atoms with van der Waals surface area (Å²) >= 11 is 0. The zero-order valence-electron chi connectivity index (χ0n) is 5.61. The average Bonchev–Trinajstić information content (AvgIpc) is 2.09. The molecule has 0 amide bonds. The first-order valence-corrected chi connectivity index (χ1v) is 3.31. The molecule has 0 aromatic heterocycles. The summed E-state index contributed by atoms with van der Waals surface area (Å²) in [6.07, 6.45) is 6.13. The molecule has 48 valence electrons. The maximum Gasteiger partial charge on any atom is -0.0294 e. The molecule has 0 aromatic rings. The van der Waals surface area contributed by atoms with E-state index in [0.29, 0.717) is 0 Å². The lowest BCUT2D eigenvalue weighted by Crippen LogP contribution is -1.85. The zero-order valence-corrected chi connectivity index (χ0v) is 5.61. The number of rotatable bonds is 0. The lowest BCUT2D eigenvalue weighted by molar-refractivity contribution is 0.547. The third-order valence-corrected chi connectivity index (χ3v) is 2.84. The highest BCUT2D eigenvalue weighted by Gasteiger charge is 2.52. The van der Waals surface area contributed by atoms with Crippen molar-refractivity contribution in [3.8, 4) is 0 Å². The predicted octanol–water partition coefficient (Wildman–Crippen LogP) is 2.36. The van der Waals surface area contributed by atoms with Crippen molar-refractivity contribution in [2.75, 3.05) is 0 Å². The first-order valence-electron chi connectivity index (χ1n) is 3.31. The predicted molar refractivity (Wildman–Crippen MR) is 35.1 cm³/mol. The van der Waals surface area contributed by atoms with Gasteiger partial charge in [0.05, 0.1) is 0 Å². The lowest BCUT2D eigenvalue weighted by Gasteiger charge is -1.96. The Kier molecular flexibility index (Phi) is 1.12. The first-order chi connectivity index (χ1) is 3.31. The molecule has 1 nitrogen and oxygen atoms in total. The van der Waals surface area contributed by atoms with Crippen LogP contribution in [0.5, 0.6) is 0 Å². The van der Waals surface area contributed by atoms with Gasteiger partial charge in [0.2, 0.25) is 0 Å². The van der Waals surface area contributed by atoms with Crippen LogP contribution in [0.3, 0.4) is 0 Å². The lowest BCUT2D eigenvalue weighted by atomic mass is 10.1. The molecule has 0 spiro atoms. The average molecular weight is 113 g/mol. The van der Waals surface area contributed by atoms with Gasteiger partial charge in [0, 0.05) is 0 Å². The van der Waals surface area contributed by atoms with Crippen molar-refractivity contribution in [3.63, 3.8) is 0 Å². The molecule has 8 heavy (non-hydrogen) atoms. The van der Waals surface area contributed by atoms with Crippen molar-refractivity contribution in [1.29, 1.82) is 0 Å². The van der Waals surface area contributed by atoms with E-state index in [4.69, 9.17) is 0 Å². The molecule has 2 saturated carbocycles. The highest BCUT2D eigenvalue weighted by atomic mass is 14.6. The Morgan fingerprint density at radius 2 is 2.25 bits per heavy atom. The SMILES string of the molecule is CC12CCCC1C2.N. The molecule has 0 aromatic carbocycles. The number of hydrogen-bond acceptors (Lipinski definition) is 1. The molecular weight excluding hydrogens is 98.1 g/mol. The van der Waals surface area contributed by atoms with E-state index in [1.807, 2.05) is 0 Å². The molecule has 0 heterocycles. The van der Waals surface area contributed by atoms with Crippen LogP contribution in [0, 0.1) is 11.3 Å². The minimum absolute atomic E-state index is 0. The largest absolute Gasteiger partial charge is 0.344 e. The highest BCUT2D eigenvalue weighted by Crippen LogP contribution is 2.62. The van der Waals surface area contributed by atoms with Crippen molar-refractivity contribution < 1.29 is 0 Å². The second kappa shape index (κ2) is 1.47. The van der Waals surface area contributed by atoms with Gasteiger partial charge in [-0.05, 0) is 30.6 Å². The van der Waals surface area contributed by atoms with Gasteiger partial charge >= 0.3 is 0 Å². The van der Waals surface area contributed by atoms with Crippen LogP contribution in [0.25, 0.3) is 0 Å². The first kappa shape index (κ1) is 6.09. The van der Waals surface area contributed by atoms with E-state index >= 15 is 0 Å². The van der Waals surface area contributed by atoms with Crippen LogP contribution in [0.15, 0.2) is 0 Å². The Balaban J connectivity index is 0.000000320. The van der Waals surface area contributed by atoms with Gasteiger partial charge in [0.15, 0.2) is 0 Å². The molecule has 3 N–H and O–H groups in total. The van der Waals surface area contributed by atoms with Crippen LogP contribution in [0.4, 0.5) is 0 Å². The molecule has 0 bridgehead atoms. The van der Waals surface area contributed by atoms with Crippen LogP contribution in [-0.4, -0.2) is 0 Å². The molecule has 2 aliphatic carbocycles. The summed E-state index contributed by atoms with van der Waals surface area (Å²) in [5.41, 5.74) is 0.861. The van der Waals surface area contributed by atoms with E-state index in [0.717, 1.165) is 11.3 Å². The van der Waals surface area contributed by atoms with E-state index in [-0.39, 0.29) is 6.15 Å². The van der Waals surface area contributed by atoms with E-state index in [2.05, 4.69) is 6.92 Å². The molecule has 2 rings (SSSR count). The van der Waals surface area contributed by atoms with Crippen LogP contribution in [-0.2, 0) is 0 Å². The van der Waals surface area contributed by atoms with Crippen molar-refractivity contribution in [2.45, 2.75) is 32.6 Å². The Hall–Kier alpha value is -0.0400. The van der Waals surface area contributed by atoms with Crippen LogP contribution >= 0.6 is 0 Å². The maximum absolute atomic E-state index is 2.44. The smallest absolute Gasteiger partial charge is 0.0294 e. The van der Waals surface area contributed by atoms with Gasteiger partial charge < -0.3 is 6.15 Å².